The maximum absolute atomic E-state index is 11.6. The summed E-state index contributed by atoms with van der Waals surface area (Å²) < 4.78 is 0. The van der Waals surface area contributed by atoms with Gasteiger partial charge in [-0.05, 0) is 36.1 Å². The number of carbonyl (C=O) groups is 1. The predicted molar refractivity (Wildman–Crippen MR) is 78.5 cm³/mol. The zero-order valence-electron chi connectivity index (χ0n) is 10.6. The van der Waals surface area contributed by atoms with Crippen molar-refractivity contribution in [3.05, 3.63) is 41.8 Å². The molecule has 1 aromatic heterocycles. The number of carbonyl (C=O) groups excluding carboxylic acids is 1. The van der Waals surface area contributed by atoms with Crippen LogP contribution in [-0.2, 0) is 0 Å². The lowest BCUT2D eigenvalue weighted by Crippen LogP contribution is -2.38. The molecule has 100 valence electrons. The minimum atomic E-state index is -0.315. The third-order valence-corrected chi connectivity index (χ3v) is 3.50. The zero-order valence-corrected chi connectivity index (χ0v) is 11.4. The Labute approximate surface area is 116 Å². The van der Waals surface area contributed by atoms with Gasteiger partial charge in [-0.2, -0.15) is 0 Å². The topological polar surface area (TPSA) is 61.4 Å². The molecular formula is C14H16N2O2S. The van der Waals surface area contributed by atoms with Gasteiger partial charge in [-0.25, -0.2) is 4.79 Å². The van der Waals surface area contributed by atoms with Gasteiger partial charge in [-0.1, -0.05) is 18.2 Å². The fraction of sp³-hybridized carbons (Fsp3) is 0.214. The second-order valence-electron chi connectivity index (χ2n) is 4.24. The molecular weight excluding hydrogens is 260 g/mol. The lowest BCUT2D eigenvalue weighted by Gasteiger charge is -2.12. The van der Waals surface area contributed by atoms with Crippen molar-refractivity contribution in [1.29, 1.82) is 0 Å². The van der Waals surface area contributed by atoms with Gasteiger partial charge in [0.1, 0.15) is 0 Å². The number of aliphatic hydroxyl groups is 1. The normalized spacial score (nSPS) is 11.9. The summed E-state index contributed by atoms with van der Waals surface area (Å²) in [4.78, 5) is 12.8. The van der Waals surface area contributed by atoms with Gasteiger partial charge in [-0.3, -0.25) is 0 Å². The smallest absolute Gasteiger partial charge is 0.319 e. The Hall–Kier alpha value is -1.85. The van der Waals surface area contributed by atoms with E-state index in [1.807, 2.05) is 41.8 Å². The van der Waals surface area contributed by atoms with E-state index in [1.165, 1.54) is 0 Å². The summed E-state index contributed by atoms with van der Waals surface area (Å²) in [6.07, 6.45) is 0. The van der Waals surface area contributed by atoms with E-state index in [0.717, 1.165) is 16.1 Å². The summed E-state index contributed by atoms with van der Waals surface area (Å²) >= 11 is 1.66. The quantitative estimate of drug-likeness (QED) is 0.804. The Kier molecular flexibility index (Phi) is 4.54. The number of rotatable bonds is 4. The molecule has 0 spiro atoms. The van der Waals surface area contributed by atoms with Crippen molar-refractivity contribution in [2.75, 3.05) is 11.9 Å². The van der Waals surface area contributed by atoms with Gasteiger partial charge in [0.15, 0.2) is 0 Å². The molecule has 0 bridgehead atoms. The van der Waals surface area contributed by atoms with Crippen molar-refractivity contribution in [2.45, 2.75) is 13.0 Å². The van der Waals surface area contributed by atoms with E-state index in [4.69, 9.17) is 5.11 Å². The molecule has 1 atom stereocenters. The average molecular weight is 276 g/mol. The summed E-state index contributed by atoms with van der Waals surface area (Å²) in [6, 6.07) is 11.1. The van der Waals surface area contributed by atoms with E-state index in [2.05, 4.69) is 10.6 Å². The van der Waals surface area contributed by atoms with Crippen LogP contribution in [-0.4, -0.2) is 23.8 Å². The molecule has 5 heteroatoms. The molecule has 19 heavy (non-hydrogen) atoms. The number of amides is 2. The van der Waals surface area contributed by atoms with Crippen LogP contribution in [0.25, 0.3) is 10.4 Å². The third kappa shape index (κ3) is 3.81. The maximum atomic E-state index is 11.6. The second-order valence-corrected chi connectivity index (χ2v) is 5.19. The molecule has 0 radical (unpaired) electrons. The largest absolute Gasteiger partial charge is 0.394 e. The Bertz CT molecular complexity index is 540. The van der Waals surface area contributed by atoms with Crippen molar-refractivity contribution in [2.24, 2.45) is 0 Å². The molecule has 0 aliphatic heterocycles. The number of urea groups is 1. The predicted octanol–water partition coefficient (Wildman–Crippen LogP) is 2.92. The first-order valence-corrected chi connectivity index (χ1v) is 6.89. The molecule has 2 rings (SSSR count). The lowest BCUT2D eigenvalue weighted by atomic mass is 10.1. The van der Waals surface area contributed by atoms with Crippen LogP contribution in [0, 0.1) is 0 Å². The van der Waals surface area contributed by atoms with Crippen molar-refractivity contribution in [1.82, 2.24) is 5.32 Å². The zero-order chi connectivity index (χ0) is 13.7. The second kappa shape index (κ2) is 6.36. The van der Waals surface area contributed by atoms with E-state index < -0.39 is 0 Å². The molecule has 3 N–H and O–H groups in total. The Balaban J connectivity index is 2.05. The van der Waals surface area contributed by atoms with Crippen molar-refractivity contribution in [3.63, 3.8) is 0 Å². The summed E-state index contributed by atoms with van der Waals surface area (Å²) in [5.41, 5.74) is 1.80. The van der Waals surface area contributed by atoms with Gasteiger partial charge in [0, 0.05) is 10.6 Å². The van der Waals surface area contributed by atoms with Crippen LogP contribution in [0.3, 0.4) is 0 Å². The van der Waals surface area contributed by atoms with Crippen LogP contribution >= 0.6 is 11.3 Å². The van der Waals surface area contributed by atoms with E-state index in [1.54, 1.807) is 18.3 Å². The number of nitrogens with one attached hydrogen (secondary N) is 2. The van der Waals surface area contributed by atoms with Gasteiger partial charge >= 0.3 is 6.03 Å². The van der Waals surface area contributed by atoms with Crippen molar-refractivity contribution >= 4 is 23.1 Å². The van der Waals surface area contributed by atoms with Gasteiger partial charge < -0.3 is 15.7 Å². The van der Waals surface area contributed by atoms with E-state index in [-0.39, 0.29) is 18.7 Å². The summed E-state index contributed by atoms with van der Waals surface area (Å²) in [5, 5.41) is 16.3. The SMILES string of the molecule is CC(CO)NC(=O)Nc1cccc(-c2cccs2)c1. The highest BCUT2D eigenvalue weighted by Crippen LogP contribution is 2.26. The third-order valence-electron chi connectivity index (χ3n) is 2.58. The Morgan fingerprint density at radius 3 is 2.89 bits per heavy atom. The fourth-order valence-corrected chi connectivity index (χ4v) is 2.35. The van der Waals surface area contributed by atoms with Gasteiger partial charge in [0.25, 0.3) is 0 Å². The van der Waals surface area contributed by atoms with Crippen LogP contribution in [0.15, 0.2) is 41.8 Å². The molecule has 0 saturated carbocycles. The molecule has 2 aromatic rings. The number of hydrogen-bond donors (Lipinski definition) is 3. The van der Waals surface area contributed by atoms with Crippen LogP contribution in [0.4, 0.5) is 10.5 Å². The van der Waals surface area contributed by atoms with Crippen LogP contribution < -0.4 is 10.6 Å². The molecule has 0 aliphatic rings. The Morgan fingerprint density at radius 1 is 1.37 bits per heavy atom. The molecule has 4 nitrogen and oxygen atoms in total. The first kappa shape index (κ1) is 13.6. The van der Waals surface area contributed by atoms with E-state index >= 15 is 0 Å². The minimum Gasteiger partial charge on any atom is -0.394 e. The number of benzene rings is 1. The van der Waals surface area contributed by atoms with Crippen LogP contribution in [0.2, 0.25) is 0 Å². The van der Waals surface area contributed by atoms with E-state index in [0.29, 0.717) is 0 Å². The summed E-state index contributed by atoms with van der Waals surface area (Å²) in [5.74, 6) is 0. The van der Waals surface area contributed by atoms with Gasteiger partial charge in [0.2, 0.25) is 0 Å². The fourth-order valence-electron chi connectivity index (χ4n) is 1.63. The maximum Gasteiger partial charge on any atom is 0.319 e. The molecule has 0 saturated heterocycles. The molecule has 0 fully saturated rings. The first-order chi connectivity index (χ1) is 9.19. The highest BCUT2D eigenvalue weighted by atomic mass is 32.1. The highest BCUT2D eigenvalue weighted by Gasteiger charge is 2.07. The van der Waals surface area contributed by atoms with Crippen LogP contribution in [0.5, 0.6) is 0 Å². The molecule has 1 unspecified atom stereocenters. The number of hydrogen-bond acceptors (Lipinski definition) is 3. The van der Waals surface area contributed by atoms with Crippen LogP contribution in [0.1, 0.15) is 6.92 Å². The first-order valence-electron chi connectivity index (χ1n) is 6.01. The summed E-state index contributed by atoms with van der Waals surface area (Å²) in [7, 11) is 0. The Morgan fingerprint density at radius 2 is 2.21 bits per heavy atom. The summed E-state index contributed by atoms with van der Waals surface area (Å²) in [6.45, 7) is 1.66. The van der Waals surface area contributed by atoms with Crippen molar-refractivity contribution < 1.29 is 9.90 Å². The standard InChI is InChI=1S/C14H16N2O2S/c1-10(9-17)15-14(18)16-12-5-2-4-11(8-12)13-6-3-7-19-13/h2-8,10,17H,9H2,1H3,(H2,15,16,18). The number of anilines is 1. The van der Waals surface area contributed by atoms with E-state index in [9.17, 15) is 4.79 Å². The molecule has 1 aromatic carbocycles. The molecule has 2 amide bonds. The molecule has 0 aliphatic carbocycles. The monoisotopic (exact) mass is 276 g/mol. The number of aliphatic hydroxyl groups excluding tert-OH is 1. The van der Waals surface area contributed by atoms with Crippen molar-refractivity contribution in [3.8, 4) is 10.4 Å². The number of thiophene rings is 1. The van der Waals surface area contributed by atoms with Gasteiger partial charge in [0.05, 0.1) is 12.6 Å². The lowest BCUT2D eigenvalue weighted by molar-refractivity contribution is 0.229. The highest BCUT2D eigenvalue weighted by molar-refractivity contribution is 7.13. The molecule has 1 heterocycles. The average Bonchev–Trinajstić information content (AvgIpc) is 2.92. The minimum absolute atomic E-state index is 0.0807. The van der Waals surface area contributed by atoms with Gasteiger partial charge in [-0.15, -0.1) is 11.3 Å².